The molecule has 0 aliphatic rings. The van der Waals surface area contributed by atoms with Crippen LogP contribution in [0.5, 0.6) is 0 Å². The van der Waals surface area contributed by atoms with Gasteiger partial charge in [0.05, 0.1) is 5.69 Å². The van der Waals surface area contributed by atoms with Gasteiger partial charge in [0.2, 0.25) is 0 Å². The van der Waals surface area contributed by atoms with E-state index in [-0.39, 0.29) is 5.82 Å². The summed E-state index contributed by atoms with van der Waals surface area (Å²) in [5.74, 6) is -0.238. The Balaban J connectivity index is 1.83. The maximum Gasteiger partial charge on any atom is 0.123 e. The van der Waals surface area contributed by atoms with E-state index in [4.69, 9.17) is 0 Å². The number of halogens is 1. The van der Waals surface area contributed by atoms with Crippen LogP contribution >= 0.6 is 0 Å². The number of aromatic nitrogens is 3. The van der Waals surface area contributed by atoms with Gasteiger partial charge in [0.1, 0.15) is 5.82 Å². The Morgan fingerprint density at radius 3 is 2.08 bits per heavy atom. The van der Waals surface area contributed by atoms with Gasteiger partial charge in [-0.2, -0.15) is 0 Å². The second kappa shape index (κ2) is 6.69. The summed E-state index contributed by atoms with van der Waals surface area (Å²) in [6.45, 7) is 0. The number of nitrogens with one attached hydrogen (secondary N) is 1. The van der Waals surface area contributed by atoms with Crippen molar-refractivity contribution in [3.05, 3.63) is 96.5 Å². The lowest BCUT2D eigenvalue weighted by Gasteiger charge is -2.09. The number of nitrogens with zero attached hydrogens (tertiary/aromatic N) is 2. The third-order valence-electron chi connectivity index (χ3n) is 4.21. The number of rotatable bonds is 4. The Kier molecular flexibility index (Phi) is 4.09. The highest BCUT2D eigenvalue weighted by Crippen LogP contribution is 2.35. The molecule has 3 aromatic heterocycles. The van der Waals surface area contributed by atoms with E-state index in [1.807, 2.05) is 30.5 Å². The minimum atomic E-state index is -0.238. The quantitative estimate of drug-likeness (QED) is 0.580. The first kappa shape index (κ1) is 15.3. The average Bonchev–Trinajstić information content (AvgIpc) is 3.07. The number of hydrogen-bond donors (Lipinski definition) is 1. The lowest BCUT2D eigenvalue weighted by Crippen LogP contribution is -1.91. The minimum absolute atomic E-state index is 0.238. The second-order valence-electron chi connectivity index (χ2n) is 5.84. The summed E-state index contributed by atoms with van der Waals surface area (Å²) >= 11 is 0. The molecule has 3 nitrogen and oxygen atoms in total. The molecule has 0 saturated carbocycles. The lowest BCUT2D eigenvalue weighted by atomic mass is 9.95. The highest BCUT2D eigenvalue weighted by molar-refractivity contribution is 5.84. The van der Waals surface area contributed by atoms with Gasteiger partial charge in [0.15, 0.2) is 0 Å². The molecule has 1 aromatic carbocycles. The topological polar surface area (TPSA) is 41.6 Å². The molecule has 0 aliphatic heterocycles. The zero-order chi connectivity index (χ0) is 17.1. The Labute approximate surface area is 145 Å². The molecule has 4 aromatic rings. The Hall–Kier alpha value is -3.27. The van der Waals surface area contributed by atoms with Crippen molar-refractivity contribution in [3.63, 3.8) is 0 Å². The van der Waals surface area contributed by atoms with Gasteiger partial charge in [0, 0.05) is 36.5 Å². The van der Waals surface area contributed by atoms with E-state index in [1.165, 1.54) is 23.3 Å². The van der Waals surface area contributed by atoms with Crippen LogP contribution in [0.4, 0.5) is 4.39 Å². The second-order valence-corrected chi connectivity index (χ2v) is 5.84. The molecular formula is C21H16FN3. The van der Waals surface area contributed by atoms with Crippen molar-refractivity contribution in [2.75, 3.05) is 0 Å². The number of H-pyrrole nitrogens is 1. The van der Waals surface area contributed by atoms with Crippen molar-refractivity contribution in [2.24, 2.45) is 0 Å². The van der Waals surface area contributed by atoms with E-state index in [1.54, 1.807) is 36.9 Å². The molecule has 0 unspecified atom stereocenters. The zero-order valence-electron chi connectivity index (χ0n) is 13.5. The van der Waals surface area contributed by atoms with E-state index in [0.717, 1.165) is 28.8 Å². The fraction of sp³-hybridized carbons (Fsp3) is 0.0476. The van der Waals surface area contributed by atoms with Crippen LogP contribution in [0, 0.1) is 5.82 Å². The number of aromatic amines is 1. The molecule has 3 heterocycles. The molecule has 122 valence electrons. The first-order valence-electron chi connectivity index (χ1n) is 8.07. The van der Waals surface area contributed by atoms with Crippen LogP contribution in [0.2, 0.25) is 0 Å². The standard InChI is InChI=1S/C21H16FN3/c22-19-3-1-17(2-4-19)21-20(16-7-11-24-12-8-16)18(14-25-21)13-15-5-9-23-10-6-15/h1-12,14,25H,13H2. The van der Waals surface area contributed by atoms with Crippen molar-refractivity contribution >= 4 is 0 Å². The Morgan fingerprint density at radius 1 is 0.760 bits per heavy atom. The van der Waals surface area contributed by atoms with Crippen LogP contribution in [-0.2, 0) is 6.42 Å². The fourth-order valence-electron chi connectivity index (χ4n) is 3.02. The highest BCUT2D eigenvalue weighted by Gasteiger charge is 2.15. The van der Waals surface area contributed by atoms with Crippen molar-refractivity contribution in [2.45, 2.75) is 6.42 Å². The molecule has 0 aliphatic carbocycles. The smallest absolute Gasteiger partial charge is 0.123 e. The van der Waals surface area contributed by atoms with Gasteiger partial charge in [-0.05, 0) is 77.2 Å². The Bertz CT molecular complexity index is 961. The Morgan fingerprint density at radius 2 is 1.40 bits per heavy atom. The predicted octanol–water partition coefficient (Wildman–Crippen LogP) is 4.87. The summed E-state index contributed by atoms with van der Waals surface area (Å²) in [5, 5.41) is 0. The minimum Gasteiger partial charge on any atom is -0.360 e. The third kappa shape index (κ3) is 3.19. The zero-order valence-corrected chi connectivity index (χ0v) is 13.5. The highest BCUT2D eigenvalue weighted by atomic mass is 19.1. The van der Waals surface area contributed by atoms with Gasteiger partial charge in [-0.15, -0.1) is 0 Å². The molecular weight excluding hydrogens is 313 g/mol. The predicted molar refractivity (Wildman–Crippen MR) is 96.5 cm³/mol. The molecule has 0 fully saturated rings. The SMILES string of the molecule is Fc1ccc(-c2[nH]cc(Cc3ccncc3)c2-c2ccncc2)cc1. The molecule has 1 N–H and O–H groups in total. The molecule has 25 heavy (non-hydrogen) atoms. The summed E-state index contributed by atoms with van der Waals surface area (Å²) in [6.07, 6.45) is 9.98. The maximum absolute atomic E-state index is 13.3. The number of hydrogen-bond acceptors (Lipinski definition) is 2. The van der Waals surface area contributed by atoms with E-state index < -0.39 is 0 Å². The van der Waals surface area contributed by atoms with Crippen LogP contribution in [-0.4, -0.2) is 15.0 Å². The van der Waals surface area contributed by atoms with Gasteiger partial charge in [0.25, 0.3) is 0 Å². The van der Waals surface area contributed by atoms with Gasteiger partial charge in [-0.25, -0.2) is 4.39 Å². The monoisotopic (exact) mass is 329 g/mol. The van der Waals surface area contributed by atoms with E-state index in [2.05, 4.69) is 15.0 Å². The summed E-state index contributed by atoms with van der Waals surface area (Å²) < 4.78 is 13.3. The van der Waals surface area contributed by atoms with Gasteiger partial charge in [-0.3, -0.25) is 9.97 Å². The van der Waals surface area contributed by atoms with Crippen molar-refractivity contribution < 1.29 is 4.39 Å². The van der Waals surface area contributed by atoms with E-state index in [9.17, 15) is 4.39 Å². The molecule has 0 bridgehead atoms. The normalized spacial score (nSPS) is 10.8. The van der Waals surface area contributed by atoms with Crippen molar-refractivity contribution in [1.29, 1.82) is 0 Å². The molecule has 0 atom stereocenters. The summed E-state index contributed by atoms with van der Waals surface area (Å²) in [4.78, 5) is 11.6. The largest absolute Gasteiger partial charge is 0.360 e. The summed E-state index contributed by atoms with van der Waals surface area (Å²) in [7, 11) is 0. The van der Waals surface area contributed by atoms with Crippen LogP contribution in [0.3, 0.4) is 0 Å². The molecule has 0 saturated heterocycles. The van der Waals surface area contributed by atoms with Gasteiger partial charge in [-0.1, -0.05) is 0 Å². The first-order chi connectivity index (χ1) is 12.3. The van der Waals surface area contributed by atoms with Crippen LogP contribution in [0.15, 0.2) is 79.5 Å². The van der Waals surface area contributed by atoms with E-state index in [0.29, 0.717) is 0 Å². The fourth-order valence-corrected chi connectivity index (χ4v) is 3.02. The lowest BCUT2D eigenvalue weighted by molar-refractivity contribution is 0.628. The van der Waals surface area contributed by atoms with Crippen LogP contribution in [0.25, 0.3) is 22.4 Å². The van der Waals surface area contributed by atoms with Gasteiger partial charge >= 0.3 is 0 Å². The third-order valence-corrected chi connectivity index (χ3v) is 4.21. The molecule has 4 heteroatoms. The van der Waals surface area contributed by atoms with Crippen LogP contribution < -0.4 is 0 Å². The number of pyridine rings is 2. The van der Waals surface area contributed by atoms with E-state index >= 15 is 0 Å². The number of benzene rings is 1. The van der Waals surface area contributed by atoms with Gasteiger partial charge < -0.3 is 4.98 Å². The van der Waals surface area contributed by atoms with Crippen molar-refractivity contribution in [3.8, 4) is 22.4 Å². The first-order valence-corrected chi connectivity index (χ1v) is 8.07. The molecule has 4 rings (SSSR count). The maximum atomic E-state index is 13.3. The summed E-state index contributed by atoms with van der Waals surface area (Å²) in [6, 6.07) is 14.6. The average molecular weight is 329 g/mol. The molecule has 0 amide bonds. The van der Waals surface area contributed by atoms with Crippen molar-refractivity contribution in [1.82, 2.24) is 15.0 Å². The summed E-state index contributed by atoms with van der Waals surface area (Å²) in [5.41, 5.74) is 6.50. The molecule has 0 spiro atoms. The van der Waals surface area contributed by atoms with Crippen LogP contribution in [0.1, 0.15) is 11.1 Å². The molecule has 0 radical (unpaired) electrons.